The zero-order valence-electron chi connectivity index (χ0n) is 11.1. The molecule has 1 aromatic rings. The lowest BCUT2D eigenvalue weighted by Gasteiger charge is -2.45. The normalized spacial score (nSPS) is 20.2. The number of anilines is 1. The minimum atomic E-state index is 0.133. The van der Waals surface area contributed by atoms with E-state index in [0.717, 1.165) is 31.0 Å². The van der Waals surface area contributed by atoms with Gasteiger partial charge in [-0.15, -0.1) is 11.6 Å². The standard InChI is InChI=1S/C13H19Cl2N3/c1-13(2)9-18(5-4-17(13)3)12-11(15)6-10(7-14)8-16-12/h6,8H,4-5,7,9H2,1-3H3. The van der Waals surface area contributed by atoms with Crippen LogP contribution in [0.1, 0.15) is 19.4 Å². The van der Waals surface area contributed by atoms with Crippen molar-refractivity contribution >= 4 is 29.0 Å². The first-order valence-corrected chi connectivity index (χ1v) is 7.02. The Kier molecular flexibility index (Phi) is 4.05. The van der Waals surface area contributed by atoms with Gasteiger partial charge in [-0.25, -0.2) is 4.98 Å². The highest BCUT2D eigenvalue weighted by atomic mass is 35.5. The van der Waals surface area contributed by atoms with Crippen LogP contribution in [0.3, 0.4) is 0 Å². The van der Waals surface area contributed by atoms with Crippen molar-refractivity contribution in [3.8, 4) is 0 Å². The first kappa shape index (κ1) is 13.9. The fourth-order valence-corrected chi connectivity index (χ4v) is 2.65. The SMILES string of the molecule is CN1CCN(c2ncc(CCl)cc2Cl)CC1(C)C. The third-order valence-corrected chi connectivity index (χ3v) is 4.24. The highest BCUT2D eigenvalue weighted by Crippen LogP contribution is 2.29. The Hall–Kier alpha value is -0.510. The van der Waals surface area contributed by atoms with Crippen LogP contribution >= 0.6 is 23.2 Å². The van der Waals surface area contributed by atoms with Crippen LogP contribution in [0.2, 0.25) is 5.02 Å². The summed E-state index contributed by atoms with van der Waals surface area (Å²) in [6, 6.07) is 1.90. The molecule has 18 heavy (non-hydrogen) atoms. The van der Waals surface area contributed by atoms with Gasteiger partial charge in [-0.3, -0.25) is 4.90 Å². The second-order valence-electron chi connectivity index (χ2n) is 5.44. The van der Waals surface area contributed by atoms with Crippen molar-refractivity contribution in [2.45, 2.75) is 25.3 Å². The average Bonchev–Trinajstić information content (AvgIpc) is 2.32. The molecule has 100 valence electrons. The fraction of sp³-hybridized carbons (Fsp3) is 0.615. The van der Waals surface area contributed by atoms with Gasteiger partial charge in [-0.2, -0.15) is 0 Å². The molecule has 0 saturated carbocycles. The smallest absolute Gasteiger partial charge is 0.147 e. The van der Waals surface area contributed by atoms with E-state index in [1.165, 1.54) is 0 Å². The van der Waals surface area contributed by atoms with Crippen LogP contribution in [0.4, 0.5) is 5.82 Å². The molecular formula is C13H19Cl2N3. The van der Waals surface area contributed by atoms with E-state index in [1.807, 2.05) is 6.07 Å². The molecule has 1 aromatic heterocycles. The maximum Gasteiger partial charge on any atom is 0.147 e. The van der Waals surface area contributed by atoms with E-state index in [9.17, 15) is 0 Å². The molecule has 1 aliphatic heterocycles. The topological polar surface area (TPSA) is 19.4 Å². The predicted molar refractivity (Wildman–Crippen MR) is 77.7 cm³/mol. The second kappa shape index (κ2) is 5.24. The molecule has 2 rings (SSSR count). The van der Waals surface area contributed by atoms with Crippen molar-refractivity contribution in [3.05, 3.63) is 22.8 Å². The fourth-order valence-electron chi connectivity index (χ4n) is 2.20. The van der Waals surface area contributed by atoms with Gasteiger partial charge >= 0.3 is 0 Å². The Labute approximate surface area is 119 Å². The van der Waals surface area contributed by atoms with E-state index >= 15 is 0 Å². The molecule has 0 aromatic carbocycles. The summed E-state index contributed by atoms with van der Waals surface area (Å²) in [6.45, 7) is 7.37. The largest absolute Gasteiger partial charge is 0.352 e. The summed E-state index contributed by atoms with van der Waals surface area (Å²) in [5.41, 5.74) is 1.09. The number of piperazine rings is 1. The summed E-state index contributed by atoms with van der Waals surface area (Å²) in [6.07, 6.45) is 1.81. The summed E-state index contributed by atoms with van der Waals surface area (Å²) in [4.78, 5) is 9.07. The Morgan fingerprint density at radius 3 is 2.67 bits per heavy atom. The molecular weight excluding hydrogens is 269 g/mol. The Balaban J connectivity index is 2.22. The van der Waals surface area contributed by atoms with Gasteiger partial charge in [-0.1, -0.05) is 11.6 Å². The zero-order valence-corrected chi connectivity index (χ0v) is 12.6. The summed E-state index contributed by atoms with van der Waals surface area (Å²) in [7, 11) is 2.16. The number of likely N-dealkylation sites (N-methyl/N-ethyl adjacent to an activating group) is 1. The lowest BCUT2D eigenvalue weighted by Crippen LogP contribution is -2.58. The molecule has 1 saturated heterocycles. The van der Waals surface area contributed by atoms with E-state index in [0.29, 0.717) is 10.9 Å². The van der Waals surface area contributed by atoms with Gasteiger partial charge < -0.3 is 4.90 Å². The van der Waals surface area contributed by atoms with Gasteiger partial charge in [0.1, 0.15) is 5.82 Å². The average molecular weight is 288 g/mol. The van der Waals surface area contributed by atoms with Crippen LogP contribution in [0.15, 0.2) is 12.3 Å². The van der Waals surface area contributed by atoms with Crippen LogP contribution in [0.25, 0.3) is 0 Å². The van der Waals surface area contributed by atoms with E-state index in [1.54, 1.807) is 6.20 Å². The molecule has 0 aliphatic carbocycles. The number of halogens is 2. The third-order valence-electron chi connectivity index (χ3n) is 3.65. The molecule has 2 heterocycles. The highest BCUT2D eigenvalue weighted by molar-refractivity contribution is 6.33. The molecule has 1 fully saturated rings. The van der Waals surface area contributed by atoms with Gasteiger partial charge in [0.15, 0.2) is 0 Å². The molecule has 0 N–H and O–H groups in total. The number of hydrogen-bond donors (Lipinski definition) is 0. The maximum atomic E-state index is 6.29. The van der Waals surface area contributed by atoms with Gasteiger partial charge in [0.2, 0.25) is 0 Å². The van der Waals surface area contributed by atoms with E-state index < -0.39 is 0 Å². The van der Waals surface area contributed by atoms with Crippen molar-refractivity contribution in [3.63, 3.8) is 0 Å². The quantitative estimate of drug-likeness (QED) is 0.780. The highest BCUT2D eigenvalue weighted by Gasteiger charge is 2.32. The third kappa shape index (κ3) is 2.73. The van der Waals surface area contributed by atoms with Crippen molar-refractivity contribution in [2.75, 3.05) is 31.6 Å². The van der Waals surface area contributed by atoms with Crippen LogP contribution in [-0.2, 0) is 5.88 Å². The Bertz CT molecular complexity index is 434. The summed E-state index contributed by atoms with van der Waals surface area (Å²) >= 11 is 12.1. The van der Waals surface area contributed by atoms with E-state index in [-0.39, 0.29) is 5.54 Å². The second-order valence-corrected chi connectivity index (χ2v) is 6.11. The molecule has 5 heteroatoms. The predicted octanol–water partition coefficient (Wildman–Crippen LogP) is 3.00. The van der Waals surface area contributed by atoms with Crippen molar-refractivity contribution in [2.24, 2.45) is 0 Å². The van der Waals surface area contributed by atoms with E-state index in [4.69, 9.17) is 23.2 Å². The first-order valence-electron chi connectivity index (χ1n) is 6.10. The molecule has 0 bridgehead atoms. The van der Waals surface area contributed by atoms with Gasteiger partial charge in [-0.05, 0) is 32.5 Å². The molecule has 0 spiro atoms. The van der Waals surface area contributed by atoms with Gasteiger partial charge in [0, 0.05) is 37.3 Å². The summed E-state index contributed by atoms with van der Waals surface area (Å²) in [5, 5.41) is 0.688. The number of aromatic nitrogens is 1. The van der Waals surface area contributed by atoms with Crippen LogP contribution in [-0.4, -0.2) is 42.1 Å². The zero-order chi connectivity index (χ0) is 13.3. The van der Waals surface area contributed by atoms with Crippen LogP contribution < -0.4 is 4.90 Å². The number of hydrogen-bond acceptors (Lipinski definition) is 3. The number of rotatable bonds is 2. The van der Waals surface area contributed by atoms with Gasteiger partial charge in [0.25, 0.3) is 0 Å². The molecule has 0 amide bonds. The number of alkyl halides is 1. The van der Waals surface area contributed by atoms with Crippen molar-refractivity contribution in [1.29, 1.82) is 0 Å². The molecule has 0 unspecified atom stereocenters. The van der Waals surface area contributed by atoms with Crippen LogP contribution in [0.5, 0.6) is 0 Å². The Morgan fingerprint density at radius 1 is 1.39 bits per heavy atom. The minimum Gasteiger partial charge on any atom is -0.352 e. The molecule has 0 radical (unpaired) electrons. The van der Waals surface area contributed by atoms with E-state index in [2.05, 4.69) is 35.7 Å². The lowest BCUT2D eigenvalue weighted by atomic mass is 10.00. The first-order chi connectivity index (χ1) is 8.44. The molecule has 1 aliphatic rings. The van der Waals surface area contributed by atoms with Gasteiger partial charge in [0.05, 0.1) is 5.02 Å². The van der Waals surface area contributed by atoms with Crippen LogP contribution in [0, 0.1) is 0 Å². The summed E-state index contributed by atoms with van der Waals surface area (Å²) in [5.74, 6) is 1.31. The summed E-state index contributed by atoms with van der Waals surface area (Å²) < 4.78 is 0. The van der Waals surface area contributed by atoms with Crippen molar-refractivity contribution < 1.29 is 0 Å². The minimum absolute atomic E-state index is 0.133. The maximum absolute atomic E-state index is 6.29. The number of nitrogens with zero attached hydrogens (tertiary/aromatic N) is 3. The monoisotopic (exact) mass is 287 g/mol. The lowest BCUT2D eigenvalue weighted by molar-refractivity contribution is 0.138. The Morgan fingerprint density at radius 2 is 2.11 bits per heavy atom. The number of pyridine rings is 1. The molecule has 0 atom stereocenters. The molecule has 3 nitrogen and oxygen atoms in total. The van der Waals surface area contributed by atoms with Crippen molar-refractivity contribution in [1.82, 2.24) is 9.88 Å².